The van der Waals surface area contributed by atoms with E-state index in [1.807, 2.05) is 42.5 Å². The van der Waals surface area contributed by atoms with Crippen molar-refractivity contribution in [1.29, 1.82) is 0 Å². The van der Waals surface area contributed by atoms with Crippen LogP contribution in [-0.4, -0.2) is 18.1 Å². The lowest BCUT2D eigenvalue weighted by Gasteiger charge is -2.03. The fraction of sp³-hybridized carbons (Fsp3) is 0.0625. The minimum atomic E-state index is -0.361. The molecule has 0 radical (unpaired) electrons. The van der Waals surface area contributed by atoms with Gasteiger partial charge in [-0.3, -0.25) is 0 Å². The molecule has 4 heteroatoms. The quantitative estimate of drug-likeness (QED) is 0.553. The Morgan fingerprint density at radius 1 is 1.15 bits per heavy atom. The Kier molecular flexibility index (Phi) is 2.91. The van der Waals surface area contributed by atoms with Gasteiger partial charge in [-0.05, 0) is 23.8 Å². The topological polar surface area (TPSA) is 68.1 Å². The SMILES string of the molecule is COC(=O)c1c(-c2ccccc2)[nH]c2cc(N)ccc12. The maximum Gasteiger partial charge on any atom is 0.340 e. The van der Waals surface area contributed by atoms with E-state index < -0.39 is 0 Å². The number of methoxy groups -OCH3 is 1. The highest BCUT2D eigenvalue weighted by Crippen LogP contribution is 2.31. The number of fused-ring (bicyclic) bond motifs is 1. The Bertz CT molecular complexity index is 776. The molecule has 4 nitrogen and oxygen atoms in total. The van der Waals surface area contributed by atoms with Crippen molar-refractivity contribution in [3.05, 3.63) is 54.1 Å². The number of nitrogens with two attached hydrogens (primary N) is 1. The molecule has 100 valence electrons. The zero-order chi connectivity index (χ0) is 14.1. The third-order valence-corrected chi connectivity index (χ3v) is 3.27. The van der Waals surface area contributed by atoms with Crippen molar-refractivity contribution >= 4 is 22.6 Å². The molecular weight excluding hydrogens is 252 g/mol. The summed E-state index contributed by atoms with van der Waals surface area (Å²) in [6, 6.07) is 15.1. The molecule has 0 aliphatic heterocycles. The first kappa shape index (κ1) is 12.3. The first-order valence-corrected chi connectivity index (χ1v) is 6.25. The lowest BCUT2D eigenvalue weighted by molar-refractivity contribution is 0.0604. The van der Waals surface area contributed by atoms with Gasteiger partial charge in [0.2, 0.25) is 0 Å². The number of carbonyl (C=O) groups excluding carboxylic acids is 1. The lowest BCUT2D eigenvalue weighted by atomic mass is 10.1. The predicted octanol–water partition coefficient (Wildman–Crippen LogP) is 3.20. The molecule has 3 N–H and O–H groups in total. The Balaban J connectivity index is 2.33. The highest BCUT2D eigenvalue weighted by atomic mass is 16.5. The molecule has 3 aromatic rings. The van der Waals surface area contributed by atoms with E-state index in [0.717, 1.165) is 22.2 Å². The Labute approximate surface area is 116 Å². The maximum atomic E-state index is 12.1. The van der Waals surface area contributed by atoms with Gasteiger partial charge in [-0.25, -0.2) is 4.79 Å². The lowest BCUT2D eigenvalue weighted by Crippen LogP contribution is -2.02. The van der Waals surface area contributed by atoms with Crippen LogP contribution >= 0.6 is 0 Å². The zero-order valence-corrected chi connectivity index (χ0v) is 11.0. The van der Waals surface area contributed by atoms with E-state index in [1.54, 1.807) is 6.07 Å². The van der Waals surface area contributed by atoms with Gasteiger partial charge in [-0.1, -0.05) is 30.3 Å². The number of anilines is 1. The van der Waals surface area contributed by atoms with Crippen molar-refractivity contribution < 1.29 is 9.53 Å². The Morgan fingerprint density at radius 3 is 2.60 bits per heavy atom. The second kappa shape index (κ2) is 4.74. The van der Waals surface area contributed by atoms with Crippen LogP contribution in [0, 0.1) is 0 Å². The largest absolute Gasteiger partial charge is 0.465 e. The summed E-state index contributed by atoms with van der Waals surface area (Å²) in [4.78, 5) is 15.3. The summed E-state index contributed by atoms with van der Waals surface area (Å²) >= 11 is 0. The molecule has 1 aromatic heterocycles. The number of ether oxygens (including phenoxy) is 1. The number of nitrogens with one attached hydrogen (secondary N) is 1. The van der Waals surface area contributed by atoms with Gasteiger partial charge >= 0.3 is 5.97 Å². The van der Waals surface area contributed by atoms with Crippen LogP contribution in [0.1, 0.15) is 10.4 Å². The standard InChI is InChI=1S/C16H14N2O2/c1-20-16(19)14-12-8-7-11(17)9-13(12)18-15(14)10-5-3-2-4-6-10/h2-9,18H,17H2,1H3. The molecule has 0 bridgehead atoms. The number of esters is 1. The number of benzene rings is 2. The number of hydrogen-bond acceptors (Lipinski definition) is 3. The van der Waals surface area contributed by atoms with Crippen LogP contribution in [0.5, 0.6) is 0 Å². The van der Waals surface area contributed by atoms with E-state index in [0.29, 0.717) is 11.3 Å². The molecule has 0 amide bonds. The van der Waals surface area contributed by atoms with Crippen LogP contribution in [0.3, 0.4) is 0 Å². The smallest absolute Gasteiger partial charge is 0.340 e. The number of rotatable bonds is 2. The van der Waals surface area contributed by atoms with E-state index in [1.165, 1.54) is 7.11 Å². The summed E-state index contributed by atoms with van der Waals surface area (Å²) in [6.45, 7) is 0. The van der Waals surface area contributed by atoms with Gasteiger partial charge in [-0.15, -0.1) is 0 Å². The van der Waals surface area contributed by atoms with Crippen LogP contribution < -0.4 is 5.73 Å². The number of aromatic amines is 1. The van der Waals surface area contributed by atoms with Crippen molar-refractivity contribution in [2.24, 2.45) is 0 Å². The number of H-pyrrole nitrogens is 1. The van der Waals surface area contributed by atoms with Crippen LogP contribution in [0.4, 0.5) is 5.69 Å². The summed E-state index contributed by atoms with van der Waals surface area (Å²) in [5.41, 5.74) is 9.48. The summed E-state index contributed by atoms with van der Waals surface area (Å²) in [6.07, 6.45) is 0. The number of carbonyl (C=O) groups is 1. The first-order valence-electron chi connectivity index (χ1n) is 6.25. The summed E-state index contributed by atoms with van der Waals surface area (Å²) < 4.78 is 4.90. The fourth-order valence-electron chi connectivity index (χ4n) is 2.35. The molecule has 0 aliphatic rings. The maximum absolute atomic E-state index is 12.1. The van der Waals surface area contributed by atoms with Gasteiger partial charge in [0, 0.05) is 16.6 Å². The highest BCUT2D eigenvalue weighted by molar-refractivity contribution is 6.10. The van der Waals surface area contributed by atoms with Crippen LogP contribution in [-0.2, 0) is 4.74 Å². The second-order valence-electron chi connectivity index (χ2n) is 4.54. The number of nitrogen functional groups attached to an aromatic ring is 1. The minimum absolute atomic E-state index is 0.361. The molecule has 20 heavy (non-hydrogen) atoms. The number of aromatic nitrogens is 1. The molecule has 0 atom stereocenters. The van der Waals surface area contributed by atoms with Crippen LogP contribution in [0.2, 0.25) is 0 Å². The summed E-state index contributed by atoms with van der Waals surface area (Å²) in [5, 5.41) is 0.810. The van der Waals surface area contributed by atoms with E-state index in [-0.39, 0.29) is 5.97 Å². The van der Waals surface area contributed by atoms with Crippen molar-refractivity contribution in [1.82, 2.24) is 4.98 Å². The van der Waals surface area contributed by atoms with Gasteiger partial charge < -0.3 is 15.5 Å². The van der Waals surface area contributed by atoms with Crippen LogP contribution in [0.25, 0.3) is 22.2 Å². The number of hydrogen-bond donors (Lipinski definition) is 2. The van der Waals surface area contributed by atoms with Crippen molar-refractivity contribution in [3.8, 4) is 11.3 Å². The molecule has 3 rings (SSSR count). The van der Waals surface area contributed by atoms with E-state index in [4.69, 9.17) is 10.5 Å². The van der Waals surface area contributed by atoms with Crippen LogP contribution in [0.15, 0.2) is 48.5 Å². The molecule has 0 saturated heterocycles. The molecule has 1 heterocycles. The van der Waals surface area contributed by atoms with Gasteiger partial charge in [0.15, 0.2) is 0 Å². The molecule has 0 saturated carbocycles. The van der Waals surface area contributed by atoms with Gasteiger partial charge in [0.1, 0.15) is 0 Å². The molecule has 0 spiro atoms. The molecule has 0 unspecified atom stereocenters. The first-order chi connectivity index (χ1) is 9.70. The van der Waals surface area contributed by atoms with E-state index in [2.05, 4.69) is 4.98 Å². The third kappa shape index (κ3) is 1.91. The van der Waals surface area contributed by atoms with Gasteiger partial charge in [0.25, 0.3) is 0 Å². The normalized spacial score (nSPS) is 10.7. The van der Waals surface area contributed by atoms with Gasteiger partial charge in [0.05, 0.1) is 18.4 Å². The monoisotopic (exact) mass is 266 g/mol. The molecule has 2 aromatic carbocycles. The Morgan fingerprint density at radius 2 is 1.90 bits per heavy atom. The Hall–Kier alpha value is -2.75. The molecule has 0 aliphatic carbocycles. The molecule has 0 fully saturated rings. The summed E-state index contributed by atoms with van der Waals surface area (Å²) in [5.74, 6) is -0.361. The third-order valence-electron chi connectivity index (χ3n) is 3.27. The second-order valence-corrected chi connectivity index (χ2v) is 4.54. The average molecular weight is 266 g/mol. The zero-order valence-electron chi connectivity index (χ0n) is 11.0. The van der Waals surface area contributed by atoms with E-state index in [9.17, 15) is 4.79 Å². The van der Waals surface area contributed by atoms with E-state index >= 15 is 0 Å². The summed E-state index contributed by atoms with van der Waals surface area (Å²) in [7, 11) is 1.38. The highest BCUT2D eigenvalue weighted by Gasteiger charge is 2.20. The fourth-order valence-corrected chi connectivity index (χ4v) is 2.35. The predicted molar refractivity (Wildman–Crippen MR) is 79.5 cm³/mol. The minimum Gasteiger partial charge on any atom is -0.465 e. The van der Waals surface area contributed by atoms with Crippen molar-refractivity contribution in [2.75, 3.05) is 12.8 Å². The average Bonchev–Trinajstić information content (AvgIpc) is 2.85. The van der Waals surface area contributed by atoms with Crippen molar-refractivity contribution in [2.45, 2.75) is 0 Å². The van der Waals surface area contributed by atoms with Crippen molar-refractivity contribution in [3.63, 3.8) is 0 Å². The van der Waals surface area contributed by atoms with Gasteiger partial charge in [-0.2, -0.15) is 0 Å². The molecular formula is C16H14N2O2.